The zero-order chi connectivity index (χ0) is 33.7. The summed E-state index contributed by atoms with van der Waals surface area (Å²) in [4.78, 5) is 2.38. The van der Waals surface area contributed by atoms with Crippen molar-refractivity contribution in [1.82, 2.24) is 0 Å². The standard InChI is InChI=1S/C48H34BrN/c49-47-25-13-11-23-45(47)43-21-9-7-19-41(43)42-20-8-10-22-44(42)46-24-12-14-26-48(46)50(39-31-27-37(28-32-39)35-15-3-1-4-16-35)40-33-29-38(30-34-40)36-17-5-2-6-18-36/h1-34H. The monoisotopic (exact) mass is 703 g/mol. The summed E-state index contributed by atoms with van der Waals surface area (Å²) in [5.41, 5.74) is 15.2. The zero-order valence-electron chi connectivity index (χ0n) is 27.5. The summed E-state index contributed by atoms with van der Waals surface area (Å²) < 4.78 is 1.08. The fourth-order valence-corrected chi connectivity index (χ4v) is 7.27. The molecule has 0 N–H and O–H groups in total. The molecule has 0 unspecified atom stereocenters. The van der Waals surface area contributed by atoms with E-state index in [0.29, 0.717) is 0 Å². The van der Waals surface area contributed by atoms with Gasteiger partial charge in [-0.15, -0.1) is 0 Å². The van der Waals surface area contributed by atoms with Gasteiger partial charge in [-0.25, -0.2) is 0 Å². The second-order valence-electron chi connectivity index (χ2n) is 12.2. The number of rotatable bonds is 8. The van der Waals surface area contributed by atoms with E-state index in [-0.39, 0.29) is 0 Å². The molecule has 0 fully saturated rings. The van der Waals surface area contributed by atoms with Gasteiger partial charge < -0.3 is 4.90 Å². The molecule has 0 atom stereocenters. The second kappa shape index (κ2) is 14.3. The molecular weight excluding hydrogens is 670 g/mol. The van der Waals surface area contributed by atoms with Crippen molar-refractivity contribution in [3.63, 3.8) is 0 Å². The van der Waals surface area contributed by atoms with Gasteiger partial charge in [0, 0.05) is 21.4 Å². The van der Waals surface area contributed by atoms with Crippen LogP contribution in [-0.2, 0) is 0 Å². The fourth-order valence-electron chi connectivity index (χ4n) is 6.78. The van der Waals surface area contributed by atoms with E-state index in [1.807, 2.05) is 0 Å². The average Bonchev–Trinajstić information content (AvgIpc) is 3.20. The van der Waals surface area contributed by atoms with Crippen molar-refractivity contribution in [2.24, 2.45) is 0 Å². The van der Waals surface area contributed by atoms with Gasteiger partial charge in [-0.05, 0) is 86.5 Å². The molecule has 8 rings (SSSR count). The van der Waals surface area contributed by atoms with Crippen molar-refractivity contribution in [3.05, 3.63) is 211 Å². The van der Waals surface area contributed by atoms with Gasteiger partial charge in [0.2, 0.25) is 0 Å². The highest BCUT2D eigenvalue weighted by atomic mass is 79.9. The van der Waals surface area contributed by atoms with Crippen LogP contribution in [0.4, 0.5) is 17.1 Å². The largest absolute Gasteiger partial charge is 0.310 e. The van der Waals surface area contributed by atoms with Gasteiger partial charge in [0.05, 0.1) is 5.69 Å². The van der Waals surface area contributed by atoms with Gasteiger partial charge in [0.15, 0.2) is 0 Å². The lowest BCUT2D eigenvalue weighted by molar-refractivity contribution is 1.28. The summed E-state index contributed by atoms with van der Waals surface area (Å²) in [5, 5.41) is 0. The smallest absolute Gasteiger partial charge is 0.0540 e. The number of nitrogens with zero attached hydrogens (tertiary/aromatic N) is 1. The Hall–Kier alpha value is -5.96. The van der Waals surface area contributed by atoms with Crippen LogP contribution in [0, 0.1) is 0 Å². The van der Waals surface area contributed by atoms with E-state index in [1.54, 1.807) is 0 Å². The SMILES string of the molecule is Brc1ccccc1-c1ccccc1-c1ccccc1-c1ccccc1N(c1ccc(-c2ccccc2)cc1)c1ccc(-c2ccccc2)cc1. The maximum Gasteiger partial charge on any atom is 0.0540 e. The highest BCUT2D eigenvalue weighted by molar-refractivity contribution is 9.10. The number of benzene rings is 8. The van der Waals surface area contributed by atoms with Crippen LogP contribution < -0.4 is 4.90 Å². The second-order valence-corrected chi connectivity index (χ2v) is 13.1. The molecule has 238 valence electrons. The Morgan fingerprint density at radius 2 is 0.580 bits per heavy atom. The molecule has 50 heavy (non-hydrogen) atoms. The van der Waals surface area contributed by atoms with E-state index in [2.05, 4.69) is 227 Å². The third-order valence-corrected chi connectivity index (χ3v) is 9.90. The molecule has 0 heterocycles. The number of hydrogen-bond acceptors (Lipinski definition) is 1. The maximum atomic E-state index is 3.82. The molecule has 0 aliphatic carbocycles. The summed E-state index contributed by atoms with van der Waals surface area (Å²) in [5.74, 6) is 0. The zero-order valence-corrected chi connectivity index (χ0v) is 29.0. The Morgan fingerprint density at radius 1 is 0.260 bits per heavy atom. The lowest BCUT2D eigenvalue weighted by Crippen LogP contribution is -2.11. The van der Waals surface area contributed by atoms with Crippen LogP contribution in [0.2, 0.25) is 0 Å². The van der Waals surface area contributed by atoms with Gasteiger partial charge in [0.25, 0.3) is 0 Å². The first-order valence-corrected chi connectivity index (χ1v) is 17.7. The molecular formula is C48H34BrN. The van der Waals surface area contributed by atoms with Crippen LogP contribution in [0.5, 0.6) is 0 Å². The minimum Gasteiger partial charge on any atom is -0.310 e. The third kappa shape index (κ3) is 6.30. The maximum absolute atomic E-state index is 3.82. The van der Waals surface area contributed by atoms with Crippen molar-refractivity contribution >= 4 is 33.0 Å². The van der Waals surface area contributed by atoms with Gasteiger partial charge in [-0.3, -0.25) is 0 Å². The molecule has 1 nitrogen and oxygen atoms in total. The first-order valence-electron chi connectivity index (χ1n) is 16.9. The van der Waals surface area contributed by atoms with Crippen LogP contribution in [0.25, 0.3) is 55.6 Å². The van der Waals surface area contributed by atoms with E-state index < -0.39 is 0 Å². The minimum absolute atomic E-state index is 1.08. The van der Waals surface area contributed by atoms with E-state index in [1.165, 1.54) is 50.1 Å². The first-order chi connectivity index (χ1) is 24.7. The van der Waals surface area contributed by atoms with Gasteiger partial charge in [-0.2, -0.15) is 0 Å². The predicted molar refractivity (Wildman–Crippen MR) is 216 cm³/mol. The number of anilines is 3. The molecule has 8 aromatic rings. The predicted octanol–water partition coefficient (Wildman–Crippen LogP) is 14.3. The molecule has 0 spiro atoms. The lowest BCUT2D eigenvalue weighted by atomic mass is 9.88. The van der Waals surface area contributed by atoms with Crippen molar-refractivity contribution in [2.45, 2.75) is 0 Å². The molecule has 0 radical (unpaired) electrons. The number of hydrogen-bond donors (Lipinski definition) is 0. The summed E-state index contributed by atoms with van der Waals surface area (Å²) in [6, 6.07) is 73.6. The Labute approximate surface area is 302 Å². The summed E-state index contributed by atoms with van der Waals surface area (Å²) in [7, 11) is 0. The normalized spacial score (nSPS) is 10.9. The molecule has 2 heteroatoms. The topological polar surface area (TPSA) is 3.24 Å². The Morgan fingerprint density at radius 3 is 1.04 bits per heavy atom. The highest BCUT2D eigenvalue weighted by Gasteiger charge is 2.20. The van der Waals surface area contributed by atoms with Crippen molar-refractivity contribution in [3.8, 4) is 55.6 Å². The molecule has 0 aliphatic heterocycles. The van der Waals surface area contributed by atoms with E-state index in [9.17, 15) is 0 Å². The third-order valence-electron chi connectivity index (χ3n) is 9.21. The first kappa shape index (κ1) is 31.3. The van der Waals surface area contributed by atoms with Crippen LogP contribution in [0.1, 0.15) is 0 Å². The number of para-hydroxylation sites is 1. The van der Waals surface area contributed by atoms with Crippen molar-refractivity contribution in [1.29, 1.82) is 0 Å². The Balaban J connectivity index is 1.29. The van der Waals surface area contributed by atoms with Gasteiger partial charge in [0.1, 0.15) is 0 Å². The molecule has 0 amide bonds. The van der Waals surface area contributed by atoms with Crippen LogP contribution in [-0.4, -0.2) is 0 Å². The molecule has 0 saturated heterocycles. The minimum atomic E-state index is 1.08. The number of halogens is 1. The summed E-state index contributed by atoms with van der Waals surface area (Å²) in [6.07, 6.45) is 0. The molecule has 0 bridgehead atoms. The van der Waals surface area contributed by atoms with Crippen LogP contribution in [0.3, 0.4) is 0 Å². The quantitative estimate of drug-likeness (QED) is 0.152. The van der Waals surface area contributed by atoms with Gasteiger partial charge in [-0.1, -0.05) is 186 Å². The van der Waals surface area contributed by atoms with Crippen molar-refractivity contribution in [2.75, 3.05) is 4.90 Å². The van der Waals surface area contributed by atoms with E-state index in [0.717, 1.165) is 27.1 Å². The molecule has 8 aromatic carbocycles. The van der Waals surface area contributed by atoms with E-state index >= 15 is 0 Å². The highest BCUT2D eigenvalue weighted by Crippen LogP contribution is 2.46. The van der Waals surface area contributed by atoms with Crippen molar-refractivity contribution < 1.29 is 0 Å². The van der Waals surface area contributed by atoms with Gasteiger partial charge >= 0.3 is 0 Å². The molecule has 0 aromatic heterocycles. The Bertz CT molecular complexity index is 2280. The summed E-state index contributed by atoms with van der Waals surface area (Å²) >= 11 is 3.82. The molecule has 0 aliphatic rings. The van der Waals surface area contributed by atoms with Crippen LogP contribution in [0.15, 0.2) is 211 Å². The van der Waals surface area contributed by atoms with E-state index in [4.69, 9.17) is 0 Å². The average molecular weight is 705 g/mol. The van der Waals surface area contributed by atoms with Crippen LogP contribution >= 0.6 is 15.9 Å². The fraction of sp³-hybridized carbons (Fsp3) is 0. The molecule has 0 saturated carbocycles. The summed E-state index contributed by atoms with van der Waals surface area (Å²) in [6.45, 7) is 0. The Kier molecular flexibility index (Phi) is 8.93. The lowest BCUT2D eigenvalue weighted by Gasteiger charge is -2.29.